The molecule has 4 rings (SSSR count). The summed E-state index contributed by atoms with van der Waals surface area (Å²) in [7, 11) is 0. The summed E-state index contributed by atoms with van der Waals surface area (Å²) in [4.78, 5) is 19.0. The van der Waals surface area contributed by atoms with Crippen LogP contribution in [0.4, 0.5) is 0 Å². The molecule has 0 fully saturated rings. The zero-order chi connectivity index (χ0) is 21.3. The van der Waals surface area contributed by atoms with Gasteiger partial charge in [0.15, 0.2) is 5.76 Å². The van der Waals surface area contributed by atoms with E-state index in [4.69, 9.17) is 0 Å². The molecule has 1 aliphatic rings. The van der Waals surface area contributed by atoms with E-state index in [1.165, 1.54) is 5.56 Å². The summed E-state index contributed by atoms with van der Waals surface area (Å²) >= 11 is 0. The third-order valence-electron chi connectivity index (χ3n) is 5.66. The number of carbonyl (C=O) groups is 1. The molecule has 4 heteroatoms. The fourth-order valence-corrected chi connectivity index (χ4v) is 3.94. The molecule has 0 spiro atoms. The topological polar surface area (TPSA) is 53.4 Å². The molecule has 30 heavy (non-hydrogen) atoms. The van der Waals surface area contributed by atoms with Crippen molar-refractivity contribution in [2.24, 2.45) is 0 Å². The van der Waals surface area contributed by atoms with Crippen LogP contribution < -0.4 is 0 Å². The molecule has 1 atom stereocenters. The minimum absolute atomic E-state index is 0.180. The Morgan fingerprint density at radius 2 is 1.73 bits per heavy atom. The molecule has 0 saturated heterocycles. The summed E-state index contributed by atoms with van der Waals surface area (Å²) < 4.78 is 0. The predicted octanol–water partition coefficient (Wildman–Crippen LogP) is 5.57. The maximum absolute atomic E-state index is 13.1. The fourth-order valence-electron chi connectivity index (χ4n) is 3.94. The molecule has 1 N–H and O–H groups in total. The molecular weight excluding hydrogens is 372 g/mol. The highest BCUT2D eigenvalue weighted by Gasteiger charge is 2.41. The molecule has 0 saturated carbocycles. The van der Waals surface area contributed by atoms with E-state index in [2.05, 4.69) is 43.1 Å². The third kappa shape index (κ3) is 3.73. The van der Waals surface area contributed by atoms with E-state index in [9.17, 15) is 9.90 Å². The summed E-state index contributed by atoms with van der Waals surface area (Å²) in [5.74, 6) is -0.107. The fraction of sp³-hybridized carbons (Fsp3) is 0.231. The Labute approximate surface area is 177 Å². The van der Waals surface area contributed by atoms with Gasteiger partial charge in [0.05, 0.1) is 6.04 Å². The number of carbonyl (C=O) groups excluding carboxylic acids is 1. The highest BCUT2D eigenvalue weighted by molar-refractivity contribution is 6.05. The summed E-state index contributed by atoms with van der Waals surface area (Å²) in [6, 6.07) is 19.7. The molecule has 0 radical (unpaired) electrons. The molecule has 4 nitrogen and oxygen atoms in total. The first kappa shape index (κ1) is 19.9. The van der Waals surface area contributed by atoms with Crippen LogP contribution in [0.1, 0.15) is 53.6 Å². The molecular formula is C26H26N2O2. The van der Waals surface area contributed by atoms with Gasteiger partial charge in [-0.2, -0.15) is 0 Å². The number of rotatable bonds is 5. The van der Waals surface area contributed by atoms with Crippen LogP contribution in [-0.4, -0.2) is 20.9 Å². The van der Waals surface area contributed by atoms with Crippen molar-refractivity contribution >= 4 is 11.5 Å². The van der Waals surface area contributed by atoms with Gasteiger partial charge in [-0.05, 0) is 41.2 Å². The van der Waals surface area contributed by atoms with Crippen LogP contribution in [0.25, 0.3) is 5.57 Å². The second-order valence-corrected chi connectivity index (χ2v) is 8.15. The lowest BCUT2D eigenvalue weighted by Gasteiger charge is -2.27. The van der Waals surface area contributed by atoms with Crippen LogP contribution in [0.3, 0.4) is 0 Å². The first-order valence-electron chi connectivity index (χ1n) is 10.3. The molecule has 152 valence electrons. The van der Waals surface area contributed by atoms with Crippen molar-refractivity contribution in [1.29, 1.82) is 0 Å². The van der Waals surface area contributed by atoms with E-state index < -0.39 is 0 Å². The van der Waals surface area contributed by atoms with Crippen LogP contribution >= 0.6 is 0 Å². The number of benzene rings is 2. The Morgan fingerprint density at radius 1 is 1.03 bits per heavy atom. The number of aryl methyl sites for hydroxylation is 1. The Kier molecular flexibility index (Phi) is 5.40. The van der Waals surface area contributed by atoms with Gasteiger partial charge in [-0.3, -0.25) is 9.78 Å². The van der Waals surface area contributed by atoms with Gasteiger partial charge in [-0.25, -0.2) is 0 Å². The van der Waals surface area contributed by atoms with Gasteiger partial charge in [-0.15, -0.1) is 0 Å². The third-order valence-corrected chi connectivity index (χ3v) is 5.66. The van der Waals surface area contributed by atoms with Crippen molar-refractivity contribution in [3.63, 3.8) is 0 Å². The Bertz CT molecular complexity index is 1070. The lowest BCUT2D eigenvalue weighted by atomic mass is 9.91. The van der Waals surface area contributed by atoms with E-state index in [-0.39, 0.29) is 17.7 Å². The second kappa shape index (κ2) is 8.15. The molecule has 2 aromatic carbocycles. The zero-order valence-corrected chi connectivity index (χ0v) is 17.5. The van der Waals surface area contributed by atoms with E-state index in [1.807, 2.05) is 43.3 Å². The lowest BCUT2D eigenvalue weighted by molar-refractivity contribution is -0.130. The van der Waals surface area contributed by atoms with Gasteiger partial charge in [0.2, 0.25) is 0 Å². The quantitative estimate of drug-likeness (QED) is 0.612. The molecule has 0 aliphatic carbocycles. The molecule has 3 aromatic rings. The molecule has 0 bridgehead atoms. The molecule has 2 heterocycles. The normalized spacial score (nSPS) is 16.6. The van der Waals surface area contributed by atoms with Crippen LogP contribution in [0, 0.1) is 6.92 Å². The van der Waals surface area contributed by atoms with Crippen molar-refractivity contribution in [1.82, 2.24) is 9.88 Å². The van der Waals surface area contributed by atoms with Gasteiger partial charge in [0, 0.05) is 24.5 Å². The number of aliphatic hydroxyl groups excluding tert-OH is 1. The van der Waals surface area contributed by atoms with Gasteiger partial charge in [0.1, 0.15) is 0 Å². The number of hydrogen-bond donors (Lipinski definition) is 1. The Balaban J connectivity index is 1.80. The summed E-state index contributed by atoms with van der Waals surface area (Å²) in [6.07, 6.45) is 3.47. The highest BCUT2D eigenvalue weighted by atomic mass is 16.3. The smallest absolute Gasteiger partial charge is 0.290 e. The predicted molar refractivity (Wildman–Crippen MR) is 119 cm³/mol. The van der Waals surface area contributed by atoms with Crippen molar-refractivity contribution < 1.29 is 9.90 Å². The number of nitrogens with zero attached hydrogens (tertiary/aromatic N) is 2. The summed E-state index contributed by atoms with van der Waals surface area (Å²) in [6.45, 7) is 6.72. The van der Waals surface area contributed by atoms with Crippen LogP contribution in [0.2, 0.25) is 0 Å². The average molecular weight is 399 g/mol. The average Bonchev–Trinajstić information content (AvgIpc) is 3.00. The van der Waals surface area contributed by atoms with Crippen LogP contribution in [0.5, 0.6) is 0 Å². The summed E-state index contributed by atoms with van der Waals surface area (Å²) in [5, 5.41) is 10.9. The van der Waals surface area contributed by atoms with Crippen molar-refractivity contribution in [3.8, 4) is 0 Å². The SMILES string of the molecule is Cc1ccc(C2=C(O)C(=O)N(Cc3cccnc3)C2c2ccc(C(C)C)cc2)cc1. The number of pyridine rings is 1. The van der Waals surface area contributed by atoms with Crippen molar-refractivity contribution in [2.45, 2.75) is 39.3 Å². The van der Waals surface area contributed by atoms with Gasteiger partial charge < -0.3 is 10.0 Å². The van der Waals surface area contributed by atoms with Crippen molar-refractivity contribution in [3.05, 3.63) is 107 Å². The highest BCUT2D eigenvalue weighted by Crippen LogP contribution is 2.43. The molecule has 1 aromatic heterocycles. The monoisotopic (exact) mass is 398 g/mol. The maximum Gasteiger partial charge on any atom is 0.290 e. The molecule has 1 amide bonds. The second-order valence-electron chi connectivity index (χ2n) is 8.15. The largest absolute Gasteiger partial charge is 0.503 e. The number of aliphatic hydroxyl groups is 1. The Morgan fingerprint density at radius 3 is 2.33 bits per heavy atom. The molecule has 1 aliphatic heterocycles. The van der Waals surface area contributed by atoms with Gasteiger partial charge in [-0.1, -0.05) is 74.0 Å². The minimum atomic E-state index is -0.360. The van der Waals surface area contributed by atoms with E-state index in [0.29, 0.717) is 18.0 Å². The van der Waals surface area contributed by atoms with E-state index >= 15 is 0 Å². The first-order chi connectivity index (χ1) is 14.5. The maximum atomic E-state index is 13.1. The van der Waals surface area contributed by atoms with Crippen molar-refractivity contribution in [2.75, 3.05) is 0 Å². The summed E-state index contributed by atoms with van der Waals surface area (Å²) in [5.41, 5.74) is 5.79. The number of aromatic nitrogens is 1. The van der Waals surface area contributed by atoms with E-state index in [0.717, 1.165) is 22.3 Å². The first-order valence-corrected chi connectivity index (χ1v) is 10.3. The van der Waals surface area contributed by atoms with Crippen LogP contribution in [-0.2, 0) is 11.3 Å². The minimum Gasteiger partial charge on any atom is -0.503 e. The number of amides is 1. The van der Waals surface area contributed by atoms with Crippen LogP contribution in [0.15, 0.2) is 78.8 Å². The van der Waals surface area contributed by atoms with E-state index in [1.54, 1.807) is 17.3 Å². The lowest BCUT2D eigenvalue weighted by Crippen LogP contribution is -2.29. The zero-order valence-electron chi connectivity index (χ0n) is 17.5. The Hall–Kier alpha value is -3.40. The van der Waals surface area contributed by atoms with Gasteiger partial charge in [0.25, 0.3) is 5.91 Å². The standard InChI is InChI=1S/C26H26N2O2/c1-17(2)20-10-12-22(13-11-20)24-23(21-8-6-18(3)7-9-21)25(29)26(30)28(24)16-19-5-4-14-27-15-19/h4-15,17,24,29H,16H2,1-3H3. The number of hydrogen-bond acceptors (Lipinski definition) is 3. The van der Waals surface area contributed by atoms with Gasteiger partial charge >= 0.3 is 0 Å². The molecule has 1 unspecified atom stereocenters.